The number of amides is 1. The number of nitrogens with two attached hydrogens (primary N) is 1. The van der Waals surface area contributed by atoms with E-state index in [1.807, 2.05) is 17.2 Å². The van der Waals surface area contributed by atoms with Crippen LogP contribution in [0, 0.1) is 0 Å². The Morgan fingerprint density at radius 1 is 1.17 bits per heavy atom. The Hall–Kier alpha value is -2.02. The zero-order valence-corrected chi connectivity index (χ0v) is 14.3. The van der Waals surface area contributed by atoms with Crippen molar-refractivity contribution < 1.29 is 4.79 Å². The largest absolute Gasteiger partial charge is 0.336 e. The summed E-state index contributed by atoms with van der Waals surface area (Å²) in [6.45, 7) is 4.44. The van der Waals surface area contributed by atoms with Crippen molar-refractivity contribution in [1.29, 1.82) is 0 Å². The Bertz CT molecular complexity index is 659. The number of carbonyl (C=O) groups excluding carboxylic acids is 1. The molecule has 1 fully saturated rings. The smallest absolute Gasteiger partial charge is 0.254 e. The van der Waals surface area contributed by atoms with Gasteiger partial charge in [-0.2, -0.15) is 0 Å². The van der Waals surface area contributed by atoms with E-state index in [9.17, 15) is 4.79 Å². The van der Waals surface area contributed by atoms with Crippen molar-refractivity contribution >= 4 is 18.3 Å². The number of halogens is 1. The van der Waals surface area contributed by atoms with Crippen LogP contribution < -0.4 is 5.73 Å². The van der Waals surface area contributed by atoms with Crippen LogP contribution in [-0.4, -0.2) is 51.9 Å². The van der Waals surface area contributed by atoms with E-state index in [-0.39, 0.29) is 18.3 Å². The van der Waals surface area contributed by atoms with Crippen molar-refractivity contribution in [2.45, 2.75) is 13.1 Å². The van der Waals surface area contributed by atoms with E-state index in [1.54, 1.807) is 24.5 Å². The van der Waals surface area contributed by atoms with Crippen LogP contribution >= 0.6 is 12.4 Å². The standard InChI is InChI=1S/C17H21N5O.ClH/c18-11-16-10-15(3-5-20-16)17(23)22-8-6-21(7-9-22)13-14-2-1-4-19-12-14;/h1-5,10,12H,6-9,11,13,18H2;1H. The van der Waals surface area contributed by atoms with Gasteiger partial charge in [-0.3, -0.25) is 19.7 Å². The van der Waals surface area contributed by atoms with Gasteiger partial charge in [0.1, 0.15) is 0 Å². The van der Waals surface area contributed by atoms with Crippen molar-refractivity contribution in [2.24, 2.45) is 5.73 Å². The first kappa shape index (κ1) is 18.3. The minimum Gasteiger partial charge on any atom is -0.336 e. The minimum atomic E-state index is 0. The lowest BCUT2D eigenvalue weighted by Gasteiger charge is -2.34. The van der Waals surface area contributed by atoms with Gasteiger partial charge in [0.25, 0.3) is 5.91 Å². The van der Waals surface area contributed by atoms with E-state index in [2.05, 4.69) is 20.9 Å². The van der Waals surface area contributed by atoms with E-state index < -0.39 is 0 Å². The fourth-order valence-electron chi connectivity index (χ4n) is 2.76. The monoisotopic (exact) mass is 347 g/mol. The molecule has 0 aromatic carbocycles. The molecule has 0 radical (unpaired) electrons. The van der Waals surface area contributed by atoms with Gasteiger partial charge >= 0.3 is 0 Å². The SMILES string of the molecule is Cl.NCc1cc(C(=O)N2CCN(Cc3cccnc3)CC2)ccn1. The van der Waals surface area contributed by atoms with Crippen molar-refractivity contribution in [3.05, 3.63) is 59.7 Å². The van der Waals surface area contributed by atoms with E-state index >= 15 is 0 Å². The Balaban J connectivity index is 0.00000208. The highest BCUT2D eigenvalue weighted by Gasteiger charge is 2.22. The molecule has 3 heterocycles. The second-order valence-corrected chi connectivity index (χ2v) is 5.67. The molecular formula is C17H22ClN5O. The van der Waals surface area contributed by atoms with Crippen LogP contribution in [0.4, 0.5) is 0 Å². The lowest BCUT2D eigenvalue weighted by atomic mass is 10.1. The molecule has 0 bridgehead atoms. The van der Waals surface area contributed by atoms with Crippen LogP contribution in [0.15, 0.2) is 42.9 Å². The highest BCUT2D eigenvalue weighted by atomic mass is 35.5. The third-order valence-corrected chi connectivity index (χ3v) is 4.06. The van der Waals surface area contributed by atoms with Crippen molar-refractivity contribution in [3.63, 3.8) is 0 Å². The van der Waals surface area contributed by atoms with Gasteiger partial charge in [0.05, 0.1) is 5.69 Å². The van der Waals surface area contributed by atoms with Crippen LogP contribution in [0.2, 0.25) is 0 Å². The van der Waals surface area contributed by atoms with Gasteiger partial charge in [0, 0.05) is 63.4 Å². The normalized spacial score (nSPS) is 15.0. The molecule has 2 aromatic rings. The highest BCUT2D eigenvalue weighted by Crippen LogP contribution is 2.11. The lowest BCUT2D eigenvalue weighted by molar-refractivity contribution is 0.0628. The summed E-state index contributed by atoms with van der Waals surface area (Å²) in [5.74, 6) is 0.0585. The summed E-state index contributed by atoms with van der Waals surface area (Å²) in [4.78, 5) is 25.1. The molecule has 3 rings (SSSR count). The van der Waals surface area contributed by atoms with Gasteiger partial charge in [-0.1, -0.05) is 6.07 Å². The molecule has 7 heteroatoms. The molecule has 2 aromatic heterocycles. The van der Waals surface area contributed by atoms with Crippen LogP contribution in [0.25, 0.3) is 0 Å². The molecule has 0 saturated carbocycles. The number of hydrogen-bond acceptors (Lipinski definition) is 5. The van der Waals surface area contributed by atoms with E-state index in [0.717, 1.165) is 38.4 Å². The molecule has 1 saturated heterocycles. The van der Waals surface area contributed by atoms with Gasteiger partial charge in [0.2, 0.25) is 0 Å². The molecule has 0 aliphatic carbocycles. The number of hydrogen-bond donors (Lipinski definition) is 1. The molecular weight excluding hydrogens is 326 g/mol. The maximum Gasteiger partial charge on any atom is 0.254 e. The van der Waals surface area contributed by atoms with Crippen LogP contribution in [0.3, 0.4) is 0 Å². The third kappa shape index (κ3) is 4.50. The zero-order valence-electron chi connectivity index (χ0n) is 13.5. The summed E-state index contributed by atoms with van der Waals surface area (Å²) in [6.07, 6.45) is 5.32. The first-order valence-corrected chi connectivity index (χ1v) is 7.82. The summed E-state index contributed by atoms with van der Waals surface area (Å²) in [6, 6.07) is 7.57. The van der Waals surface area contributed by atoms with Gasteiger partial charge in [-0.05, 0) is 23.8 Å². The molecule has 0 atom stereocenters. The Morgan fingerprint density at radius 3 is 2.62 bits per heavy atom. The first-order valence-electron chi connectivity index (χ1n) is 7.82. The van der Waals surface area contributed by atoms with Crippen molar-refractivity contribution in [2.75, 3.05) is 26.2 Å². The second-order valence-electron chi connectivity index (χ2n) is 5.67. The van der Waals surface area contributed by atoms with E-state index in [4.69, 9.17) is 5.73 Å². The Labute approximate surface area is 148 Å². The van der Waals surface area contributed by atoms with E-state index in [0.29, 0.717) is 12.1 Å². The topological polar surface area (TPSA) is 75.4 Å². The van der Waals surface area contributed by atoms with Crippen LogP contribution in [-0.2, 0) is 13.1 Å². The fourth-order valence-corrected chi connectivity index (χ4v) is 2.76. The summed E-state index contributed by atoms with van der Waals surface area (Å²) in [5, 5.41) is 0. The predicted octanol–water partition coefficient (Wildman–Crippen LogP) is 1.32. The summed E-state index contributed by atoms with van der Waals surface area (Å²) in [5.41, 5.74) is 8.20. The molecule has 2 N–H and O–H groups in total. The Kier molecular flexibility index (Phi) is 6.66. The van der Waals surface area contributed by atoms with Gasteiger partial charge in [0.15, 0.2) is 0 Å². The van der Waals surface area contributed by atoms with Crippen molar-refractivity contribution in [1.82, 2.24) is 19.8 Å². The fraction of sp³-hybridized carbons (Fsp3) is 0.353. The first-order chi connectivity index (χ1) is 11.3. The van der Waals surface area contributed by atoms with Crippen molar-refractivity contribution in [3.8, 4) is 0 Å². The molecule has 128 valence electrons. The third-order valence-electron chi connectivity index (χ3n) is 4.06. The molecule has 1 aliphatic rings. The second kappa shape index (κ2) is 8.73. The summed E-state index contributed by atoms with van der Waals surface area (Å²) < 4.78 is 0. The molecule has 1 aliphatic heterocycles. The molecule has 24 heavy (non-hydrogen) atoms. The number of pyridine rings is 2. The average molecular weight is 348 g/mol. The maximum absolute atomic E-state index is 12.6. The summed E-state index contributed by atoms with van der Waals surface area (Å²) in [7, 11) is 0. The maximum atomic E-state index is 12.6. The van der Waals surface area contributed by atoms with Gasteiger partial charge in [-0.25, -0.2) is 0 Å². The van der Waals surface area contributed by atoms with Gasteiger partial charge < -0.3 is 10.6 Å². The zero-order chi connectivity index (χ0) is 16.1. The number of aromatic nitrogens is 2. The predicted molar refractivity (Wildman–Crippen MR) is 94.8 cm³/mol. The Morgan fingerprint density at radius 2 is 1.96 bits per heavy atom. The lowest BCUT2D eigenvalue weighted by Crippen LogP contribution is -2.48. The molecule has 1 amide bonds. The number of nitrogens with zero attached hydrogens (tertiary/aromatic N) is 4. The summed E-state index contributed by atoms with van der Waals surface area (Å²) >= 11 is 0. The number of piperazine rings is 1. The molecule has 0 unspecified atom stereocenters. The number of rotatable bonds is 4. The average Bonchev–Trinajstić information content (AvgIpc) is 2.63. The minimum absolute atomic E-state index is 0. The van der Waals surface area contributed by atoms with E-state index in [1.165, 1.54) is 5.56 Å². The van der Waals surface area contributed by atoms with Gasteiger partial charge in [-0.15, -0.1) is 12.4 Å². The highest BCUT2D eigenvalue weighted by molar-refractivity contribution is 5.94. The molecule has 6 nitrogen and oxygen atoms in total. The van der Waals surface area contributed by atoms with Crippen LogP contribution in [0.5, 0.6) is 0 Å². The quantitative estimate of drug-likeness (QED) is 0.902. The van der Waals surface area contributed by atoms with Crippen LogP contribution in [0.1, 0.15) is 21.6 Å². The molecule has 0 spiro atoms. The number of carbonyl (C=O) groups is 1.